The number of methoxy groups -OCH3 is 1. The van der Waals surface area contributed by atoms with Crippen molar-refractivity contribution in [3.05, 3.63) is 10.8 Å². The molecule has 0 amide bonds. The predicted octanol–water partition coefficient (Wildman–Crippen LogP) is 1.66. The molecule has 1 rings (SSSR count). The Bertz CT molecular complexity index is 377. The van der Waals surface area contributed by atoms with Gasteiger partial charge in [-0.25, -0.2) is 9.97 Å². The standard InChI is InChI=1S/C12H22BrN5O/c1-4-14-11-10(13)12(17-9-16-11)15-5-6-18(2)7-8-19-3/h9H,4-8H2,1-3H3,(H2,14,15,16,17). The molecule has 0 spiro atoms. The third-order valence-electron chi connectivity index (χ3n) is 2.60. The van der Waals surface area contributed by atoms with Crippen LogP contribution in [0.15, 0.2) is 10.8 Å². The van der Waals surface area contributed by atoms with Gasteiger partial charge in [0.2, 0.25) is 0 Å². The SMILES string of the molecule is CCNc1ncnc(NCCN(C)CCOC)c1Br. The molecule has 0 aliphatic heterocycles. The molecule has 2 N–H and O–H groups in total. The van der Waals surface area contributed by atoms with Crippen molar-refractivity contribution in [2.24, 2.45) is 0 Å². The van der Waals surface area contributed by atoms with Crippen LogP contribution in [0.25, 0.3) is 0 Å². The molecule has 0 aliphatic rings. The van der Waals surface area contributed by atoms with Crippen LogP contribution in [-0.4, -0.2) is 61.8 Å². The van der Waals surface area contributed by atoms with Crippen LogP contribution in [0.1, 0.15) is 6.92 Å². The second-order valence-corrected chi connectivity index (χ2v) is 4.93. The summed E-state index contributed by atoms with van der Waals surface area (Å²) in [7, 11) is 3.78. The number of hydrogen-bond donors (Lipinski definition) is 2. The van der Waals surface area contributed by atoms with Gasteiger partial charge in [-0.15, -0.1) is 0 Å². The lowest BCUT2D eigenvalue weighted by Crippen LogP contribution is -2.28. The third kappa shape index (κ3) is 5.71. The number of likely N-dealkylation sites (N-methyl/N-ethyl adjacent to an activating group) is 1. The Balaban J connectivity index is 2.42. The highest BCUT2D eigenvalue weighted by molar-refractivity contribution is 9.10. The van der Waals surface area contributed by atoms with Gasteiger partial charge in [-0.3, -0.25) is 0 Å². The minimum atomic E-state index is 0.748. The maximum absolute atomic E-state index is 5.04. The minimum absolute atomic E-state index is 0.748. The topological polar surface area (TPSA) is 62.3 Å². The molecule has 108 valence electrons. The molecule has 0 unspecified atom stereocenters. The number of ether oxygens (including phenoxy) is 1. The van der Waals surface area contributed by atoms with Gasteiger partial charge in [-0.05, 0) is 29.9 Å². The zero-order valence-corrected chi connectivity index (χ0v) is 13.3. The molecule has 0 radical (unpaired) electrons. The van der Waals surface area contributed by atoms with Crippen LogP contribution in [-0.2, 0) is 4.74 Å². The van der Waals surface area contributed by atoms with E-state index in [1.54, 1.807) is 13.4 Å². The largest absolute Gasteiger partial charge is 0.383 e. The van der Waals surface area contributed by atoms with Gasteiger partial charge in [0.1, 0.15) is 22.4 Å². The van der Waals surface area contributed by atoms with Gasteiger partial charge in [0.25, 0.3) is 0 Å². The van der Waals surface area contributed by atoms with Crippen LogP contribution in [0.2, 0.25) is 0 Å². The molecular weight excluding hydrogens is 310 g/mol. The molecule has 0 aromatic carbocycles. The van der Waals surface area contributed by atoms with Gasteiger partial charge >= 0.3 is 0 Å². The molecule has 0 aliphatic carbocycles. The summed E-state index contributed by atoms with van der Waals surface area (Å²) in [6.07, 6.45) is 1.56. The van der Waals surface area contributed by atoms with Gasteiger partial charge < -0.3 is 20.3 Å². The summed E-state index contributed by atoms with van der Waals surface area (Å²) in [4.78, 5) is 10.6. The zero-order chi connectivity index (χ0) is 14.1. The first-order chi connectivity index (χ1) is 9.19. The van der Waals surface area contributed by atoms with Crippen LogP contribution in [0.5, 0.6) is 0 Å². The van der Waals surface area contributed by atoms with Gasteiger partial charge in [0, 0.05) is 33.3 Å². The quantitative estimate of drug-likeness (QED) is 0.717. The van der Waals surface area contributed by atoms with E-state index in [1.807, 2.05) is 6.92 Å². The van der Waals surface area contributed by atoms with Crippen molar-refractivity contribution in [2.75, 3.05) is 57.6 Å². The number of hydrogen-bond acceptors (Lipinski definition) is 6. The molecule has 0 atom stereocenters. The van der Waals surface area contributed by atoms with Crippen LogP contribution >= 0.6 is 15.9 Å². The number of halogens is 1. The van der Waals surface area contributed by atoms with Crippen LogP contribution in [0, 0.1) is 0 Å². The highest BCUT2D eigenvalue weighted by Gasteiger charge is 2.07. The van der Waals surface area contributed by atoms with E-state index in [-0.39, 0.29) is 0 Å². The van der Waals surface area contributed by atoms with Gasteiger partial charge in [0.05, 0.1) is 6.61 Å². The average molecular weight is 332 g/mol. The monoisotopic (exact) mass is 331 g/mol. The van der Waals surface area contributed by atoms with Gasteiger partial charge in [-0.1, -0.05) is 0 Å². The fourth-order valence-electron chi connectivity index (χ4n) is 1.51. The van der Waals surface area contributed by atoms with E-state index < -0.39 is 0 Å². The third-order valence-corrected chi connectivity index (χ3v) is 3.35. The first kappa shape index (κ1) is 16.1. The van der Waals surface area contributed by atoms with Crippen molar-refractivity contribution in [3.8, 4) is 0 Å². The first-order valence-corrected chi connectivity index (χ1v) is 7.14. The smallest absolute Gasteiger partial charge is 0.145 e. The maximum atomic E-state index is 5.04. The van der Waals surface area contributed by atoms with E-state index in [0.717, 1.165) is 48.9 Å². The Morgan fingerprint density at radius 2 is 1.95 bits per heavy atom. The number of anilines is 2. The Hall–Kier alpha value is -0.920. The van der Waals surface area contributed by atoms with Crippen molar-refractivity contribution in [3.63, 3.8) is 0 Å². The van der Waals surface area contributed by atoms with Crippen molar-refractivity contribution in [1.82, 2.24) is 14.9 Å². The van der Waals surface area contributed by atoms with Crippen molar-refractivity contribution < 1.29 is 4.74 Å². The highest BCUT2D eigenvalue weighted by atomic mass is 79.9. The second-order valence-electron chi connectivity index (χ2n) is 4.14. The summed E-state index contributed by atoms with van der Waals surface area (Å²) in [6, 6.07) is 0. The summed E-state index contributed by atoms with van der Waals surface area (Å²) >= 11 is 3.51. The number of rotatable bonds is 9. The Labute approximate surface area is 123 Å². The minimum Gasteiger partial charge on any atom is -0.383 e. The molecule has 0 bridgehead atoms. The Morgan fingerprint density at radius 3 is 2.58 bits per heavy atom. The molecule has 0 saturated heterocycles. The second kappa shape index (κ2) is 9.06. The number of aromatic nitrogens is 2. The molecular formula is C12H22BrN5O. The first-order valence-electron chi connectivity index (χ1n) is 6.34. The molecule has 0 saturated carbocycles. The Morgan fingerprint density at radius 1 is 1.26 bits per heavy atom. The van der Waals surface area contributed by atoms with E-state index in [9.17, 15) is 0 Å². The summed E-state index contributed by atoms with van der Waals surface area (Å²) in [5.74, 6) is 1.62. The summed E-state index contributed by atoms with van der Waals surface area (Å²) in [5, 5.41) is 6.48. The molecule has 19 heavy (non-hydrogen) atoms. The molecule has 6 nitrogen and oxygen atoms in total. The lowest BCUT2D eigenvalue weighted by atomic mass is 10.4. The fourth-order valence-corrected chi connectivity index (χ4v) is 1.99. The van der Waals surface area contributed by atoms with Crippen molar-refractivity contribution in [1.29, 1.82) is 0 Å². The van der Waals surface area contributed by atoms with E-state index in [1.165, 1.54) is 0 Å². The van der Waals surface area contributed by atoms with Crippen molar-refractivity contribution in [2.45, 2.75) is 6.92 Å². The Kier molecular flexibility index (Phi) is 7.69. The van der Waals surface area contributed by atoms with E-state index in [2.05, 4.69) is 48.5 Å². The molecule has 0 fully saturated rings. The lowest BCUT2D eigenvalue weighted by Gasteiger charge is -2.17. The van der Waals surface area contributed by atoms with Gasteiger partial charge in [-0.2, -0.15) is 0 Å². The van der Waals surface area contributed by atoms with E-state index in [0.29, 0.717) is 0 Å². The van der Waals surface area contributed by atoms with Crippen LogP contribution in [0.4, 0.5) is 11.6 Å². The molecule has 1 aromatic rings. The average Bonchev–Trinajstić information content (AvgIpc) is 2.41. The highest BCUT2D eigenvalue weighted by Crippen LogP contribution is 2.25. The van der Waals surface area contributed by atoms with E-state index >= 15 is 0 Å². The summed E-state index contributed by atoms with van der Waals surface area (Å²) in [5.41, 5.74) is 0. The van der Waals surface area contributed by atoms with Gasteiger partial charge in [0.15, 0.2) is 0 Å². The zero-order valence-electron chi connectivity index (χ0n) is 11.7. The molecule has 1 heterocycles. The van der Waals surface area contributed by atoms with E-state index in [4.69, 9.17) is 4.74 Å². The summed E-state index contributed by atoms with van der Waals surface area (Å²) in [6.45, 7) is 6.28. The summed E-state index contributed by atoms with van der Waals surface area (Å²) < 4.78 is 5.91. The lowest BCUT2D eigenvalue weighted by molar-refractivity contribution is 0.163. The normalized spacial score (nSPS) is 10.8. The molecule has 7 heteroatoms. The maximum Gasteiger partial charge on any atom is 0.145 e. The van der Waals surface area contributed by atoms with Crippen LogP contribution in [0.3, 0.4) is 0 Å². The molecule has 1 aromatic heterocycles. The van der Waals surface area contributed by atoms with Crippen molar-refractivity contribution >= 4 is 27.6 Å². The van der Waals surface area contributed by atoms with Crippen LogP contribution < -0.4 is 10.6 Å². The number of nitrogens with one attached hydrogen (secondary N) is 2. The predicted molar refractivity (Wildman–Crippen MR) is 81.8 cm³/mol. The number of nitrogens with zero attached hydrogens (tertiary/aromatic N) is 3. The fraction of sp³-hybridized carbons (Fsp3) is 0.667.